The molecule has 0 saturated heterocycles. The van der Waals surface area contributed by atoms with Crippen molar-refractivity contribution in [2.45, 2.75) is 65.0 Å². The third-order valence-electron chi connectivity index (χ3n) is 5.56. The number of nitrogens with one attached hydrogen (secondary N) is 2. The molecule has 0 saturated carbocycles. The summed E-state index contributed by atoms with van der Waals surface area (Å²) in [7, 11) is 0. The molecule has 40 heavy (non-hydrogen) atoms. The van der Waals surface area contributed by atoms with E-state index in [0.717, 1.165) is 6.07 Å². The number of hydrogen-bond acceptors (Lipinski definition) is 6. The Morgan fingerprint density at radius 1 is 0.975 bits per heavy atom. The molecular weight excluding hydrogens is 533 g/mol. The molecule has 4 aromatic rings. The summed E-state index contributed by atoms with van der Waals surface area (Å²) in [5, 5.41) is 10.1. The molecule has 214 valence electrons. The van der Waals surface area contributed by atoms with Crippen molar-refractivity contribution < 1.29 is 26.7 Å². The number of alkyl halides is 5. The van der Waals surface area contributed by atoms with Crippen LogP contribution in [0.2, 0.25) is 0 Å². The monoisotopic (exact) mass is 563 g/mol. The van der Waals surface area contributed by atoms with E-state index >= 15 is 0 Å². The highest BCUT2D eigenvalue weighted by atomic mass is 19.4. The summed E-state index contributed by atoms with van der Waals surface area (Å²) in [5.74, 6) is -1.81. The number of halogens is 5. The maximum Gasteiger partial charge on any atom is 0.433 e. The number of nitrogens with zero attached hydrogens (tertiary/aromatic N) is 5. The lowest BCUT2D eigenvalue weighted by molar-refractivity contribution is -0.141. The Bertz CT molecular complexity index is 1420. The van der Waals surface area contributed by atoms with E-state index in [-0.39, 0.29) is 30.3 Å². The van der Waals surface area contributed by atoms with Gasteiger partial charge in [-0.1, -0.05) is 33.3 Å². The predicted octanol–water partition coefficient (Wildman–Crippen LogP) is 7.52. The molecule has 0 spiro atoms. The number of pyridine rings is 2. The fraction of sp³-hybridized carbons (Fsp3) is 0.370. The lowest BCUT2D eigenvalue weighted by Crippen LogP contribution is -2.12. The zero-order chi connectivity index (χ0) is 29.3. The molecule has 13 heteroatoms. The molecule has 1 amide bonds. The molecule has 4 aromatic heterocycles. The summed E-state index contributed by atoms with van der Waals surface area (Å²) in [4.78, 5) is 24.0. The zero-order valence-corrected chi connectivity index (χ0v) is 22.3. The highest BCUT2D eigenvalue weighted by molar-refractivity contribution is 5.90. The van der Waals surface area contributed by atoms with Crippen molar-refractivity contribution in [2.75, 3.05) is 10.6 Å². The maximum absolute atomic E-state index is 13.1. The van der Waals surface area contributed by atoms with Gasteiger partial charge in [-0.3, -0.25) is 4.79 Å². The topological polar surface area (TPSA) is 97.1 Å². The van der Waals surface area contributed by atoms with Crippen molar-refractivity contribution in [1.29, 1.82) is 0 Å². The molecule has 0 atom stereocenters. The van der Waals surface area contributed by atoms with E-state index in [1.807, 2.05) is 6.92 Å². The van der Waals surface area contributed by atoms with Crippen molar-refractivity contribution >= 4 is 28.7 Å². The third kappa shape index (κ3) is 8.42. The summed E-state index contributed by atoms with van der Waals surface area (Å²) in [6, 6.07) is 10.4. The molecule has 0 aliphatic heterocycles. The Morgan fingerprint density at radius 2 is 1.75 bits per heavy atom. The standard InChI is InChI=1S/C21H18F3N7O.C6H12F2/c1-2-5-18(32)28-17-12-13(9-10-25-17)26-20-15-7-4-11-31(15)30-19(29-20)14-6-3-8-16(27-14)21(22,23)24;1-3-5-6(7,8)4-2/h3-4,6-12H,2,5H2,1H3,(H2,25,26,28,29,30,32);3-5H2,1-2H3. The van der Waals surface area contributed by atoms with Crippen LogP contribution in [0.3, 0.4) is 0 Å². The number of hydrogen-bond donors (Lipinski definition) is 2. The van der Waals surface area contributed by atoms with E-state index in [1.165, 1.54) is 29.8 Å². The fourth-order valence-electron chi connectivity index (χ4n) is 3.54. The first-order chi connectivity index (χ1) is 19.0. The quantitative estimate of drug-likeness (QED) is 0.205. The number of anilines is 3. The lowest BCUT2D eigenvalue weighted by Gasteiger charge is -2.11. The molecule has 0 bridgehead atoms. The van der Waals surface area contributed by atoms with Crippen LogP contribution in [0.4, 0.5) is 39.3 Å². The Hall–Kier alpha value is -4.16. The number of amides is 1. The molecule has 8 nitrogen and oxygen atoms in total. The molecule has 4 rings (SSSR count). The number of carbonyl (C=O) groups is 1. The minimum Gasteiger partial charge on any atom is -0.338 e. The van der Waals surface area contributed by atoms with Gasteiger partial charge >= 0.3 is 6.18 Å². The van der Waals surface area contributed by atoms with Gasteiger partial charge in [-0.05, 0) is 36.8 Å². The second-order valence-corrected chi connectivity index (χ2v) is 8.84. The molecule has 0 aliphatic rings. The molecule has 0 radical (unpaired) electrons. The van der Waals surface area contributed by atoms with Gasteiger partial charge in [-0.15, -0.1) is 5.10 Å². The van der Waals surface area contributed by atoms with Crippen LogP contribution in [0.1, 0.15) is 58.6 Å². The molecule has 4 heterocycles. The minimum absolute atomic E-state index is 0.0132. The van der Waals surface area contributed by atoms with Crippen LogP contribution in [0, 0.1) is 0 Å². The zero-order valence-electron chi connectivity index (χ0n) is 22.3. The summed E-state index contributed by atoms with van der Waals surface area (Å²) in [6.07, 6.45) is 0.264. The van der Waals surface area contributed by atoms with Gasteiger partial charge in [-0.25, -0.2) is 28.2 Å². The Labute approximate surface area is 228 Å². The minimum atomic E-state index is -4.58. The van der Waals surface area contributed by atoms with E-state index in [1.54, 1.807) is 37.4 Å². The second-order valence-electron chi connectivity index (χ2n) is 8.84. The molecule has 0 aromatic carbocycles. The van der Waals surface area contributed by atoms with E-state index in [4.69, 9.17) is 0 Å². The van der Waals surface area contributed by atoms with Crippen LogP contribution in [0.25, 0.3) is 17.0 Å². The maximum atomic E-state index is 13.1. The first kappa shape index (κ1) is 30.4. The van der Waals surface area contributed by atoms with Crippen molar-refractivity contribution in [1.82, 2.24) is 24.6 Å². The van der Waals surface area contributed by atoms with Crippen LogP contribution in [0.15, 0.2) is 54.9 Å². The third-order valence-corrected chi connectivity index (χ3v) is 5.56. The fourth-order valence-corrected chi connectivity index (χ4v) is 3.54. The first-order valence-corrected chi connectivity index (χ1v) is 12.8. The predicted molar refractivity (Wildman–Crippen MR) is 142 cm³/mol. The molecule has 0 aliphatic carbocycles. The van der Waals surface area contributed by atoms with E-state index < -0.39 is 17.8 Å². The summed E-state index contributed by atoms with van der Waals surface area (Å²) in [6.45, 7) is 5.18. The molecule has 2 N–H and O–H groups in total. The van der Waals surface area contributed by atoms with E-state index in [2.05, 4.69) is 30.7 Å². The second kappa shape index (κ2) is 13.3. The smallest absolute Gasteiger partial charge is 0.338 e. The van der Waals surface area contributed by atoms with Gasteiger partial charge < -0.3 is 10.6 Å². The Morgan fingerprint density at radius 3 is 2.40 bits per heavy atom. The highest BCUT2D eigenvalue weighted by Gasteiger charge is 2.32. The molecule has 0 fully saturated rings. The van der Waals surface area contributed by atoms with Crippen molar-refractivity contribution in [2.24, 2.45) is 0 Å². The van der Waals surface area contributed by atoms with E-state index in [0.29, 0.717) is 42.1 Å². The number of fused-ring (bicyclic) bond motifs is 1. The summed E-state index contributed by atoms with van der Waals surface area (Å²) >= 11 is 0. The average Bonchev–Trinajstić information content (AvgIpc) is 3.38. The van der Waals surface area contributed by atoms with Crippen molar-refractivity contribution in [3.05, 3.63) is 60.6 Å². The van der Waals surface area contributed by atoms with Gasteiger partial charge in [0.15, 0.2) is 5.82 Å². The number of aromatic nitrogens is 5. The van der Waals surface area contributed by atoms with Gasteiger partial charge in [-0.2, -0.15) is 13.2 Å². The van der Waals surface area contributed by atoms with Gasteiger partial charge in [0.1, 0.15) is 22.7 Å². The van der Waals surface area contributed by atoms with E-state index in [9.17, 15) is 26.7 Å². The van der Waals surface area contributed by atoms with Gasteiger partial charge in [0.2, 0.25) is 17.7 Å². The SMILES string of the molecule is CCCC(=O)Nc1cc(Nc2nc(-c3cccc(C(F)(F)F)n3)nn3cccc23)ccn1.CCCC(F)(F)CC. The van der Waals surface area contributed by atoms with Crippen molar-refractivity contribution in [3.63, 3.8) is 0 Å². The summed E-state index contributed by atoms with van der Waals surface area (Å²) < 4.78 is 65.0. The normalized spacial score (nSPS) is 11.6. The van der Waals surface area contributed by atoms with Crippen LogP contribution >= 0.6 is 0 Å². The molecular formula is C27H30F5N7O. The van der Waals surface area contributed by atoms with Crippen molar-refractivity contribution in [3.8, 4) is 11.5 Å². The highest BCUT2D eigenvalue weighted by Crippen LogP contribution is 2.30. The average molecular weight is 564 g/mol. The Kier molecular flexibility index (Phi) is 10.1. The number of rotatable bonds is 9. The molecule has 0 unspecified atom stereocenters. The van der Waals surface area contributed by atoms with Crippen LogP contribution in [0.5, 0.6) is 0 Å². The number of carbonyl (C=O) groups excluding carboxylic acids is 1. The first-order valence-electron chi connectivity index (χ1n) is 12.8. The van der Waals surface area contributed by atoms with Crippen LogP contribution in [-0.4, -0.2) is 36.4 Å². The Balaban J connectivity index is 0.000000482. The van der Waals surface area contributed by atoms with Crippen LogP contribution in [-0.2, 0) is 11.0 Å². The largest absolute Gasteiger partial charge is 0.433 e. The van der Waals surface area contributed by atoms with Gasteiger partial charge in [0, 0.05) is 43.4 Å². The van der Waals surface area contributed by atoms with Crippen LogP contribution < -0.4 is 10.6 Å². The van der Waals surface area contributed by atoms with Gasteiger partial charge in [0.05, 0.1) is 0 Å². The summed E-state index contributed by atoms with van der Waals surface area (Å²) in [5.41, 5.74) is 0.147. The van der Waals surface area contributed by atoms with Gasteiger partial charge in [0.25, 0.3) is 0 Å². The lowest BCUT2D eigenvalue weighted by atomic mass is 10.1.